The van der Waals surface area contributed by atoms with Crippen LogP contribution in [0.5, 0.6) is 0 Å². The van der Waals surface area contributed by atoms with E-state index in [0.29, 0.717) is 17.6 Å². The van der Waals surface area contributed by atoms with E-state index in [-0.39, 0.29) is 23.7 Å². The highest BCUT2D eigenvalue weighted by atomic mass is 35.5. The van der Waals surface area contributed by atoms with Crippen molar-refractivity contribution in [3.05, 3.63) is 30.9 Å². The van der Waals surface area contributed by atoms with Gasteiger partial charge in [0.2, 0.25) is 11.9 Å². The molecule has 0 bridgehead atoms. The van der Waals surface area contributed by atoms with Crippen molar-refractivity contribution in [3.8, 4) is 5.95 Å². The molecule has 1 amide bonds. The van der Waals surface area contributed by atoms with Gasteiger partial charge in [0.1, 0.15) is 0 Å². The lowest BCUT2D eigenvalue weighted by Crippen LogP contribution is -2.44. The van der Waals surface area contributed by atoms with Crippen molar-refractivity contribution in [2.75, 3.05) is 18.4 Å². The molecule has 0 spiro atoms. The molecule has 2 N–H and O–H groups in total. The van der Waals surface area contributed by atoms with Crippen LogP contribution >= 0.6 is 12.4 Å². The highest BCUT2D eigenvalue weighted by molar-refractivity contribution is 5.96. The molecule has 2 aromatic heterocycles. The predicted octanol–water partition coefficient (Wildman–Crippen LogP) is 1.80. The van der Waals surface area contributed by atoms with E-state index in [9.17, 15) is 4.79 Å². The first-order valence-electron chi connectivity index (χ1n) is 8.12. The Morgan fingerprint density at radius 2 is 2.17 bits per heavy atom. The van der Waals surface area contributed by atoms with Gasteiger partial charge in [0.25, 0.3) is 0 Å². The molecule has 2 aromatic rings. The lowest BCUT2D eigenvalue weighted by Gasteiger charge is -2.36. The second-order valence-electron chi connectivity index (χ2n) is 6.41. The first-order valence-corrected chi connectivity index (χ1v) is 8.12. The number of rotatable bonds is 3. The number of hydrogen-bond donors (Lipinski definition) is 2. The maximum Gasteiger partial charge on any atom is 0.250 e. The number of aromatic nitrogens is 4. The Morgan fingerprint density at radius 3 is 3.00 bits per heavy atom. The zero-order chi connectivity index (χ0) is 15.7. The summed E-state index contributed by atoms with van der Waals surface area (Å²) in [7, 11) is 0. The Kier molecular flexibility index (Phi) is 4.82. The van der Waals surface area contributed by atoms with Crippen LogP contribution in [0.1, 0.15) is 25.7 Å². The summed E-state index contributed by atoms with van der Waals surface area (Å²) in [6.07, 6.45) is 11.2. The van der Waals surface area contributed by atoms with Crippen molar-refractivity contribution in [2.24, 2.45) is 11.3 Å². The first kappa shape index (κ1) is 16.9. The molecule has 1 aliphatic carbocycles. The normalized spacial score (nSPS) is 25.6. The van der Waals surface area contributed by atoms with Gasteiger partial charge >= 0.3 is 0 Å². The topological polar surface area (TPSA) is 84.7 Å². The van der Waals surface area contributed by atoms with Gasteiger partial charge in [0.05, 0.1) is 23.5 Å². The van der Waals surface area contributed by atoms with Crippen molar-refractivity contribution >= 4 is 24.0 Å². The Labute approximate surface area is 146 Å². The smallest absolute Gasteiger partial charge is 0.250 e. The van der Waals surface area contributed by atoms with Crippen molar-refractivity contribution in [2.45, 2.75) is 25.7 Å². The van der Waals surface area contributed by atoms with Crippen LogP contribution in [0, 0.1) is 11.3 Å². The zero-order valence-corrected chi connectivity index (χ0v) is 14.1. The number of amides is 1. The maximum atomic E-state index is 12.9. The number of carbonyl (C=O) groups excluding carboxylic acids is 1. The summed E-state index contributed by atoms with van der Waals surface area (Å²) in [5, 5.41) is 10.7. The van der Waals surface area contributed by atoms with Gasteiger partial charge in [-0.2, -0.15) is 5.10 Å². The molecular weight excluding hydrogens is 328 g/mol. The van der Waals surface area contributed by atoms with Crippen LogP contribution in [0.3, 0.4) is 0 Å². The van der Waals surface area contributed by atoms with Crippen LogP contribution in [-0.4, -0.2) is 38.7 Å². The highest BCUT2D eigenvalue weighted by Crippen LogP contribution is 2.44. The van der Waals surface area contributed by atoms with Gasteiger partial charge < -0.3 is 10.6 Å². The number of nitrogens with zero attached hydrogens (tertiary/aromatic N) is 4. The molecule has 0 unspecified atom stereocenters. The van der Waals surface area contributed by atoms with Gasteiger partial charge in [-0.15, -0.1) is 12.4 Å². The van der Waals surface area contributed by atoms with Crippen LogP contribution in [0.2, 0.25) is 0 Å². The fraction of sp³-hybridized carbons (Fsp3) is 0.500. The van der Waals surface area contributed by atoms with Gasteiger partial charge in [0, 0.05) is 18.9 Å². The molecule has 8 heteroatoms. The molecule has 24 heavy (non-hydrogen) atoms. The van der Waals surface area contributed by atoms with Gasteiger partial charge in [-0.05, 0) is 31.4 Å². The van der Waals surface area contributed by atoms with Gasteiger partial charge in [-0.25, -0.2) is 14.6 Å². The van der Waals surface area contributed by atoms with E-state index in [4.69, 9.17) is 0 Å². The third-order valence-electron chi connectivity index (χ3n) is 5.09. The summed E-state index contributed by atoms with van der Waals surface area (Å²) in [6.45, 7) is 1.73. The zero-order valence-electron chi connectivity index (χ0n) is 13.3. The maximum absolute atomic E-state index is 12.9. The minimum atomic E-state index is -0.260. The number of carbonyl (C=O) groups is 1. The summed E-state index contributed by atoms with van der Waals surface area (Å²) in [5.41, 5.74) is 0.428. The number of anilines is 1. The minimum absolute atomic E-state index is 0. The molecule has 2 fully saturated rings. The lowest BCUT2D eigenvalue weighted by molar-refractivity contribution is -0.128. The molecule has 3 heterocycles. The Hall–Kier alpha value is -1.99. The van der Waals surface area contributed by atoms with E-state index >= 15 is 0 Å². The quantitative estimate of drug-likeness (QED) is 0.883. The van der Waals surface area contributed by atoms with E-state index in [1.54, 1.807) is 35.5 Å². The molecule has 128 valence electrons. The van der Waals surface area contributed by atoms with Crippen molar-refractivity contribution in [1.29, 1.82) is 0 Å². The average molecular weight is 349 g/mol. The molecule has 1 aliphatic heterocycles. The molecule has 0 radical (unpaired) electrons. The first-order chi connectivity index (χ1) is 11.3. The molecule has 4 rings (SSSR count). The fourth-order valence-corrected chi connectivity index (χ4v) is 3.85. The predicted molar refractivity (Wildman–Crippen MR) is 92.3 cm³/mol. The Bertz CT molecular complexity index is 706. The van der Waals surface area contributed by atoms with E-state index in [1.165, 1.54) is 6.42 Å². The van der Waals surface area contributed by atoms with Crippen molar-refractivity contribution in [1.82, 2.24) is 25.1 Å². The highest BCUT2D eigenvalue weighted by Gasteiger charge is 2.49. The second kappa shape index (κ2) is 6.86. The van der Waals surface area contributed by atoms with Crippen LogP contribution in [0.4, 0.5) is 5.69 Å². The third kappa shape index (κ3) is 2.89. The lowest BCUT2D eigenvalue weighted by atomic mass is 9.67. The SMILES string of the molecule is Cl.O=C(Nc1cnn(-c2ncccn2)c1)[C@@]12CCCC[C@H]1CNC2. The minimum Gasteiger partial charge on any atom is -0.323 e. The van der Waals surface area contributed by atoms with Crippen molar-refractivity contribution < 1.29 is 4.79 Å². The molecular formula is C16H21ClN6O. The fourth-order valence-electron chi connectivity index (χ4n) is 3.85. The van der Waals surface area contributed by atoms with Gasteiger partial charge in [0.15, 0.2) is 0 Å². The molecule has 1 saturated carbocycles. The van der Waals surface area contributed by atoms with E-state index in [1.807, 2.05) is 0 Å². The van der Waals surface area contributed by atoms with E-state index in [2.05, 4.69) is 25.7 Å². The molecule has 1 saturated heterocycles. The standard InChI is InChI=1S/C16H20N6O.ClH/c23-14(16-5-2-1-4-12(16)8-17-11-16)21-13-9-20-22(10-13)15-18-6-3-7-19-15;/h3,6-7,9-10,12,17H,1-2,4-5,8,11H2,(H,21,23);1H/t12-,16+;/m0./s1. The largest absolute Gasteiger partial charge is 0.323 e. The van der Waals surface area contributed by atoms with Crippen molar-refractivity contribution in [3.63, 3.8) is 0 Å². The van der Waals surface area contributed by atoms with Crippen LogP contribution in [0.15, 0.2) is 30.9 Å². The van der Waals surface area contributed by atoms with Gasteiger partial charge in [-0.3, -0.25) is 4.79 Å². The monoisotopic (exact) mass is 348 g/mol. The van der Waals surface area contributed by atoms with Crippen LogP contribution < -0.4 is 10.6 Å². The summed E-state index contributed by atoms with van der Waals surface area (Å²) < 4.78 is 1.57. The second-order valence-corrected chi connectivity index (χ2v) is 6.41. The van der Waals surface area contributed by atoms with Gasteiger partial charge in [-0.1, -0.05) is 12.8 Å². The summed E-state index contributed by atoms with van der Waals surface area (Å²) >= 11 is 0. The van der Waals surface area contributed by atoms with Crippen LogP contribution in [0.25, 0.3) is 5.95 Å². The Balaban J connectivity index is 0.00000169. The number of halogens is 1. The summed E-state index contributed by atoms with van der Waals surface area (Å²) in [5.74, 6) is 1.05. The average Bonchev–Trinajstić information content (AvgIpc) is 3.23. The van der Waals surface area contributed by atoms with Crippen LogP contribution in [-0.2, 0) is 4.79 Å². The Morgan fingerprint density at radius 1 is 1.33 bits per heavy atom. The van der Waals surface area contributed by atoms with E-state index < -0.39 is 0 Å². The number of hydrogen-bond acceptors (Lipinski definition) is 5. The molecule has 0 aromatic carbocycles. The summed E-state index contributed by atoms with van der Waals surface area (Å²) in [6, 6.07) is 1.76. The van der Waals surface area contributed by atoms with E-state index in [0.717, 1.165) is 32.4 Å². The summed E-state index contributed by atoms with van der Waals surface area (Å²) in [4.78, 5) is 21.2. The number of nitrogens with one attached hydrogen (secondary N) is 2. The number of fused-ring (bicyclic) bond motifs is 1. The third-order valence-corrected chi connectivity index (χ3v) is 5.09. The molecule has 2 aliphatic rings. The molecule has 2 atom stereocenters. The molecule has 7 nitrogen and oxygen atoms in total.